The summed E-state index contributed by atoms with van der Waals surface area (Å²) in [4.78, 5) is 32.6. The predicted octanol–water partition coefficient (Wildman–Crippen LogP) is 4.88. The van der Waals surface area contributed by atoms with Crippen molar-refractivity contribution in [2.75, 3.05) is 51.3 Å². The standard InChI is InChI=1S/C33H36N8O3/c1-5-27(42)40-13-15-41(16-14-40)32-23-17-26(34-3)29(28-20(2)8-11-25-24(28)18-35-38-25)31(44-22-9-10-22)30(23)36-33(37-32)43-19-21-7-6-12-39(21)4/h5,8,11,17-18,21-22H,1,6-7,9-10,12-16,19H2,2,4H3,(H,35,38)/t21-/m0/s1. The van der Waals surface area contributed by atoms with Crippen LogP contribution < -0.4 is 14.4 Å². The van der Waals surface area contributed by atoms with Gasteiger partial charge < -0.3 is 24.2 Å². The normalized spacial score (nSPS) is 19.0. The van der Waals surface area contributed by atoms with Crippen LogP contribution in [0.1, 0.15) is 31.2 Å². The van der Waals surface area contributed by atoms with Crippen molar-refractivity contribution in [2.24, 2.45) is 0 Å². The summed E-state index contributed by atoms with van der Waals surface area (Å²) in [6, 6.07) is 6.52. The van der Waals surface area contributed by atoms with Crippen molar-refractivity contribution in [3.63, 3.8) is 0 Å². The quantitative estimate of drug-likeness (QED) is 0.228. The molecule has 11 nitrogen and oxygen atoms in total. The highest BCUT2D eigenvalue weighted by Crippen LogP contribution is 2.50. The molecule has 1 atom stereocenters. The molecule has 226 valence electrons. The van der Waals surface area contributed by atoms with Gasteiger partial charge in [-0.25, -0.2) is 4.85 Å². The summed E-state index contributed by atoms with van der Waals surface area (Å²) in [7, 11) is 2.12. The number of nitrogens with zero attached hydrogens (tertiary/aromatic N) is 7. The molecule has 4 heterocycles. The van der Waals surface area contributed by atoms with E-state index >= 15 is 0 Å². The maximum Gasteiger partial charge on any atom is 0.319 e. The third-order valence-corrected chi connectivity index (χ3v) is 9.04. The molecule has 1 amide bonds. The Bertz CT molecular complexity index is 1800. The second kappa shape index (κ2) is 11.4. The number of hydrogen-bond acceptors (Lipinski definition) is 8. The Morgan fingerprint density at radius 2 is 1.95 bits per heavy atom. The zero-order valence-electron chi connectivity index (χ0n) is 25.2. The van der Waals surface area contributed by atoms with E-state index in [1.165, 1.54) is 6.08 Å². The van der Waals surface area contributed by atoms with Crippen LogP contribution in [-0.2, 0) is 4.79 Å². The first-order valence-electron chi connectivity index (χ1n) is 15.3. The van der Waals surface area contributed by atoms with Crippen LogP contribution in [0.25, 0.3) is 37.8 Å². The SMILES string of the molecule is [C-]#[N+]c1cc2c(N3CCN(C(=O)C=C)CC3)nc(OC[C@@H]3CCCN3C)nc2c(OC2CC2)c1-c1c(C)ccc2[nH]ncc12. The molecule has 2 aromatic heterocycles. The Hall–Kier alpha value is -4.69. The van der Waals surface area contributed by atoms with Crippen molar-refractivity contribution >= 4 is 39.2 Å². The Balaban J connectivity index is 1.42. The smallest absolute Gasteiger partial charge is 0.319 e. The van der Waals surface area contributed by atoms with Crippen molar-refractivity contribution in [2.45, 2.75) is 44.8 Å². The minimum absolute atomic E-state index is 0.0603. The number of piperazine rings is 1. The summed E-state index contributed by atoms with van der Waals surface area (Å²) in [5.74, 6) is 1.19. The number of carbonyl (C=O) groups excluding carboxylic acids is 1. The average Bonchev–Trinajstić information content (AvgIpc) is 3.57. The fraction of sp³-hybridized carbons (Fsp3) is 0.424. The third-order valence-electron chi connectivity index (χ3n) is 9.04. The highest BCUT2D eigenvalue weighted by Gasteiger charge is 2.32. The van der Waals surface area contributed by atoms with Gasteiger partial charge in [0.05, 0.1) is 24.4 Å². The van der Waals surface area contributed by atoms with Gasteiger partial charge in [-0.05, 0) is 75.5 Å². The molecule has 1 saturated carbocycles. The van der Waals surface area contributed by atoms with Crippen LogP contribution in [0.5, 0.6) is 11.8 Å². The van der Waals surface area contributed by atoms with Crippen molar-refractivity contribution in [3.8, 4) is 22.9 Å². The number of aryl methyl sites for hydroxylation is 1. The molecule has 1 aliphatic carbocycles. The minimum atomic E-state index is -0.0780. The topological polar surface area (TPSA) is 104 Å². The van der Waals surface area contributed by atoms with Gasteiger partial charge >= 0.3 is 6.01 Å². The predicted molar refractivity (Wildman–Crippen MR) is 169 cm³/mol. The second-order valence-electron chi connectivity index (χ2n) is 11.9. The van der Waals surface area contributed by atoms with Crippen LogP contribution in [0.4, 0.5) is 11.5 Å². The lowest BCUT2D eigenvalue weighted by Gasteiger charge is -2.35. The number of aromatic amines is 1. The first-order chi connectivity index (χ1) is 21.4. The maximum atomic E-state index is 12.3. The molecule has 2 saturated heterocycles. The molecule has 3 fully saturated rings. The minimum Gasteiger partial charge on any atom is -0.489 e. The Morgan fingerprint density at radius 1 is 1.14 bits per heavy atom. The van der Waals surface area contributed by atoms with E-state index in [2.05, 4.69) is 38.5 Å². The molecular weight excluding hydrogens is 556 g/mol. The fourth-order valence-corrected chi connectivity index (χ4v) is 6.38. The number of rotatable bonds is 8. The maximum absolute atomic E-state index is 12.3. The number of fused-ring (bicyclic) bond motifs is 2. The molecule has 0 unspecified atom stereocenters. The van der Waals surface area contributed by atoms with E-state index in [4.69, 9.17) is 26.0 Å². The number of nitrogens with one attached hydrogen (secondary N) is 1. The Kier molecular flexibility index (Phi) is 7.30. The van der Waals surface area contributed by atoms with Crippen LogP contribution in [0, 0.1) is 13.5 Å². The van der Waals surface area contributed by atoms with Crippen molar-refractivity contribution in [1.29, 1.82) is 0 Å². The summed E-state index contributed by atoms with van der Waals surface area (Å²) < 4.78 is 13.0. The van der Waals surface area contributed by atoms with Gasteiger partial charge in [-0.1, -0.05) is 12.6 Å². The van der Waals surface area contributed by atoms with Gasteiger partial charge in [-0.3, -0.25) is 9.89 Å². The first-order valence-corrected chi connectivity index (χ1v) is 15.3. The summed E-state index contributed by atoms with van der Waals surface area (Å²) in [5, 5.41) is 9.03. The molecule has 2 aromatic carbocycles. The van der Waals surface area contributed by atoms with Crippen LogP contribution in [-0.4, -0.2) is 94.4 Å². The van der Waals surface area contributed by atoms with E-state index < -0.39 is 0 Å². The van der Waals surface area contributed by atoms with Crippen molar-refractivity contribution in [3.05, 3.63) is 54.0 Å². The molecule has 7 rings (SSSR count). The molecule has 1 N–H and O–H groups in total. The third kappa shape index (κ3) is 5.09. The lowest BCUT2D eigenvalue weighted by molar-refractivity contribution is -0.126. The molecule has 3 aliphatic rings. The van der Waals surface area contributed by atoms with E-state index in [1.54, 1.807) is 11.1 Å². The molecule has 0 radical (unpaired) electrons. The zero-order chi connectivity index (χ0) is 30.4. The molecular formula is C33H36N8O3. The molecule has 2 aliphatic heterocycles. The lowest BCUT2D eigenvalue weighted by atomic mass is 9.93. The van der Waals surface area contributed by atoms with Crippen molar-refractivity contribution in [1.82, 2.24) is 30.0 Å². The number of anilines is 1. The second-order valence-corrected chi connectivity index (χ2v) is 11.9. The zero-order valence-corrected chi connectivity index (χ0v) is 25.2. The van der Waals surface area contributed by atoms with E-state index in [0.29, 0.717) is 61.6 Å². The van der Waals surface area contributed by atoms with Crippen molar-refractivity contribution < 1.29 is 14.3 Å². The Morgan fingerprint density at radius 3 is 2.66 bits per heavy atom. The summed E-state index contributed by atoms with van der Waals surface area (Å²) in [5.41, 5.74) is 4.63. The molecule has 0 spiro atoms. The van der Waals surface area contributed by atoms with Gasteiger partial charge in [0, 0.05) is 48.6 Å². The number of likely N-dealkylation sites (N-methyl/N-ethyl adjacent to an activating group) is 1. The summed E-state index contributed by atoms with van der Waals surface area (Å²) >= 11 is 0. The largest absolute Gasteiger partial charge is 0.489 e. The van der Waals surface area contributed by atoms with Crippen LogP contribution in [0.15, 0.2) is 37.1 Å². The molecule has 11 heteroatoms. The highest BCUT2D eigenvalue weighted by molar-refractivity contribution is 6.09. The van der Waals surface area contributed by atoms with E-state index in [0.717, 1.165) is 65.2 Å². The fourth-order valence-electron chi connectivity index (χ4n) is 6.38. The van der Waals surface area contributed by atoms with E-state index in [9.17, 15) is 4.79 Å². The van der Waals surface area contributed by atoms with Gasteiger partial charge in [-0.2, -0.15) is 15.1 Å². The number of benzene rings is 2. The number of aromatic nitrogens is 4. The molecule has 0 bridgehead atoms. The van der Waals surface area contributed by atoms with E-state index in [-0.39, 0.29) is 18.0 Å². The average molecular weight is 593 g/mol. The van der Waals surface area contributed by atoms with Gasteiger partial charge in [0.25, 0.3) is 0 Å². The van der Waals surface area contributed by atoms with Gasteiger partial charge in [0.15, 0.2) is 5.69 Å². The number of likely N-dealkylation sites (tertiary alicyclic amines) is 1. The van der Waals surface area contributed by atoms with E-state index in [1.807, 2.05) is 25.1 Å². The van der Waals surface area contributed by atoms with Gasteiger partial charge in [-0.15, -0.1) is 0 Å². The number of H-pyrrole nitrogens is 1. The number of ether oxygens (including phenoxy) is 2. The number of amides is 1. The monoisotopic (exact) mass is 592 g/mol. The number of hydrogen-bond donors (Lipinski definition) is 1. The first kappa shape index (κ1) is 28.1. The molecule has 4 aromatic rings. The lowest BCUT2D eigenvalue weighted by Crippen LogP contribution is -2.48. The van der Waals surface area contributed by atoms with Crippen LogP contribution in [0.2, 0.25) is 0 Å². The van der Waals surface area contributed by atoms with Crippen LogP contribution >= 0.6 is 0 Å². The van der Waals surface area contributed by atoms with Crippen LogP contribution in [0.3, 0.4) is 0 Å². The number of carbonyl (C=O) groups is 1. The van der Waals surface area contributed by atoms with Gasteiger partial charge in [0.1, 0.15) is 23.7 Å². The van der Waals surface area contributed by atoms with Gasteiger partial charge in [0.2, 0.25) is 5.91 Å². The Labute approximate surface area is 256 Å². The summed E-state index contributed by atoms with van der Waals surface area (Å²) in [6.45, 7) is 17.8. The summed E-state index contributed by atoms with van der Waals surface area (Å²) in [6.07, 6.45) is 7.33. The molecule has 44 heavy (non-hydrogen) atoms. The highest BCUT2D eigenvalue weighted by atomic mass is 16.5.